The van der Waals surface area contributed by atoms with Gasteiger partial charge in [0.05, 0.1) is 11.6 Å². The number of nitrogens with zero attached hydrogens (tertiary/aromatic N) is 1. The van der Waals surface area contributed by atoms with E-state index >= 15 is 0 Å². The highest BCUT2D eigenvalue weighted by Gasteiger charge is 2.07. The average molecular weight is 241 g/mol. The Kier molecular flexibility index (Phi) is 4.31. The molecule has 16 heavy (non-hydrogen) atoms. The van der Waals surface area contributed by atoms with Crippen molar-refractivity contribution in [2.75, 3.05) is 25.5 Å². The van der Waals surface area contributed by atoms with Gasteiger partial charge in [-0.25, -0.2) is 0 Å². The van der Waals surface area contributed by atoms with E-state index in [1.54, 1.807) is 37.2 Å². The second-order valence-electron chi connectivity index (χ2n) is 3.35. The first-order valence-electron chi connectivity index (χ1n) is 4.75. The second kappa shape index (κ2) is 5.51. The van der Waals surface area contributed by atoms with Crippen LogP contribution in [0.15, 0.2) is 18.2 Å². The molecule has 0 saturated carbocycles. The Hall–Kier alpha value is -1.55. The fourth-order valence-electron chi connectivity index (χ4n) is 1.23. The van der Waals surface area contributed by atoms with E-state index in [2.05, 4.69) is 5.32 Å². The van der Waals surface area contributed by atoms with Gasteiger partial charge in [0.25, 0.3) is 0 Å². The second-order valence-corrected chi connectivity index (χ2v) is 3.76. The average Bonchev–Trinajstić information content (AvgIpc) is 2.28. The molecule has 86 valence electrons. The summed E-state index contributed by atoms with van der Waals surface area (Å²) in [5.41, 5.74) is 1.23. The summed E-state index contributed by atoms with van der Waals surface area (Å²) in [6, 6.07) is 5.04. The monoisotopic (exact) mass is 240 g/mol. The molecule has 0 saturated heterocycles. The number of hydrogen-bond acceptors (Lipinski definition) is 3. The van der Waals surface area contributed by atoms with Gasteiger partial charge in [0.2, 0.25) is 5.91 Å². The summed E-state index contributed by atoms with van der Waals surface area (Å²) in [5.74, 6) is -0.0851. The van der Waals surface area contributed by atoms with Crippen LogP contribution in [0, 0.1) is 0 Å². The van der Waals surface area contributed by atoms with Gasteiger partial charge in [0.15, 0.2) is 6.29 Å². The maximum atomic E-state index is 11.2. The molecule has 0 atom stereocenters. The molecule has 0 aliphatic heterocycles. The zero-order valence-corrected chi connectivity index (χ0v) is 9.91. The van der Waals surface area contributed by atoms with Crippen molar-refractivity contribution >= 4 is 29.5 Å². The summed E-state index contributed by atoms with van der Waals surface area (Å²) in [5, 5.41) is 2.92. The minimum atomic E-state index is -0.0851. The Morgan fingerprint density at radius 3 is 2.75 bits per heavy atom. The van der Waals surface area contributed by atoms with Crippen LogP contribution in [0.4, 0.5) is 5.69 Å². The lowest BCUT2D eigenvalue weighted by atomic mass is 10.2. The van der Waals surface area contributed by atoms with Crippen LogP contribution in [0.2, 0.25) is 5.02 Å². The molecule has 0 radical (unpaired) electrons. The van der Waals surface area contributed by atoms with E-state index in [0.717, 1.165) is 5.69 Å². The van der Waals surface area contributed by atoms with Gasteiger partial charge in [0.1, 0.15) is 0 Å². The van der Waals surface area contributed by atoms with Crippen LogP contribution in [0.5, 0.6) is 0 Å². The van der Waals surface area contributed by atoms with Crippen molar-refractivity contribution in [1.29, 1.82) is 0 Å². The fraction of sp³-hybridized carbons (Fsp3) is 0.273. The van der Waals surface area contributed by atoms with E-state index in [4.69, 9.17) is 11.6 Å². The summed E-state index contributed by atoms with van der Waals surface area (Å²) in [6.07, 6.45) is 0.699. The number of rotatable bonds is 4. The van der Waals surface area contributed by atoms with E-state index in [-0.39, 0.29) is 12.5 Å². The molecular formula is C11H13ClN2O2. The van der Waals surface area contributed by atoms with Gasteiger partial charge >= 0.3 is 0 Å². The summed E-state index contributed by atoms with van der Waals surface area (Å²) in [6.45, 7) is 0.243. The van der Waals surface area contributed by atoms with E-state index in [1.807, 2.05) is 0 Å². The van der Waals surface area contributed by atoms with Crippen LogP contribution in [-0.2, 0) is 4.79 Å². The number of benzene rings is 1. The molecule has 0 aromatic heterocycles. The Bertz CT molecular complexity index is 407. The Labute approximate surface area is 99.2 Å². The van der Waals surface area contributed by atoms with E-state index in [1.165, 1.54) is 0 Å². The molecule has 0 aliphatic carbocycles. The van der Waals surface area contributed by atoms with Gasteiger partial charge in [0, 0.05) is 25.3 Å². The first-order chi connectivity index (χ1) is 7.58. The summed E-state index contributed by atoms with van der Waals surface area (Å²) >= 11 is 5.89. The zero-order valence-electron chi connectivity index (χ0n) is 9.16. The van der Waals surface area contributed by atoms with Crippen LogP contribution in [-0.4, -0.2) is 32.8 Å². The predicted molar refractivity (Wildman–Crippen MR) is 64.2 cm³/mol. The van der Waals surface area contributed by atoms with Crippen molar-refractivity contribution < 1.29 is 9.59 Å². The Morgan fingerprint density at radius 1 is 1.56 bits per heavy atom. The molecule has 0 aliphatic rings. The molecule has 0 spiro atoms. The molecule has 1 N–H and O–H groups in total. The van der Waals surface area contributed by atoms with Crippen LogP contribution in [0.1, 0.15) is 10.4 Å². The van der Waals surface area contributed by atoms with Crippen molar-refractivity contribution in [2.45, 2.75) is 0 Å². The lowest BCUT2D eigenvalue weighted by molar-refractivity contribution is -0.119. The number of halogens is 1. The number of nitrogens with one attached hydrogen (secondary N) is 1. The first kappa shape index (κ1) is 12.5. The van der Waals surface area contributed by atoms with Crippen LogP contribution >= 0.6 is 11.6 Å². The molecule has 1 aromatic rings. The smallest absolute Gasteiger partial charge is 0.239 e. The lowest BCUT2D eigenvalue weighted by Gasteiger charge is -2.18. The highest BCUT2D eigenvalue weighted by Crippen LogP contribution is 2.21. The number of hydrogen-bond donors (Lipinski definition) is 1. The van der Waals surface area contributed by atoms with Gasteiger partial charge < -0.3 is 10.2 Å². The van der Waals surface area contributed by atoms with Crippen molar-refractivity contribution in [3.63, 3.8) is 0 Å². The Balaban J connectivity index is 2.84. The van der Waals surface area contributed by atoms with Crippen molar-refractivity contribution in [3.05, 3.63) is 28.8 Å². The van der Waals surface area contributed by atoms with E-state index < -0.39 is 0 Å². The maximum Gasteiger partial charge on any atom is 0.239 e. The third kappa shape index (κ3) is 2.97. The third-order valence-electron chi connectivity index (χ3n) is 2.21. The molecule has 1 aromatic carbocycles. The predicted octanol–water partition coefficient (Wildman–Crippen LogP) is 1.33. The van der Waals surface area contributed by atoms with Crippen molar-refractivity contribution in [3.8, 4) is 0 Å². The van der Waals surface area contributed by atoms with Crippen molar-refractivity contribution in [2.24, 2.45) is 0 Å². The maximum absolute atomic E-state index is 11.2. The number of aldehydes is 1. The number of carbonyl (C=O) groups excluding carboxylic acids is 2. The highest BCUT2D eigenvalue weighted by atomic mass is 35.5. The normalized spacial score (nSPS) is 9.69. The molecule has 0 bridgehead atoms. The summed E-state index contributed by atoms with van der Waals surface area (Å²) in [4.78, 5) is 23.5. The molecule has 1 rings (SSSR count). The van der Waals surface area contributed by atoms with Gasteiger partial charge in [-0.05, 0) is 18.2 Å². The van der Waals surface area contributed by atoms with Gasteiger partial charge in [-0.2, -0.15) is 0 Å². The molecule has 5 heteroatoms. The largest absolute Gasteiger partial charge is 0.365 e. The molecule has 0 unspecified atom stereocenters. The summed E-state index contributed by atoms with van der Waals surface area (Å²) < 4.78 is 0. The molecular weight excluding hydrogens is 228 g/mol. The van der Waals surface area contributed by atoms with Gasteiger partial charge in [-0.1, -0.05) is 11.6 Å². The quantitative estimate of drug-likeness (QED) is 0.808. The topological polar surface area (TPSA) is 49.4 Å². The molecule has 1 amide bonds. The summed E-state index contributed by atoms with van der Waals surface area (Å²) in [7, 11) is 3.36. The Morgan fingerprint density at radius 2 is 2.25 bits per heavy atom. The number of amides is 1. The highest BCUT2D eigenvalue weighted by molar-refractivity contribution is 6.33. The standard InChI is InChI=1S/C11H13ClN2O2/c1-13-11(16)6-14(2)9-4-3-8(7-15)10(12)5-9/h3-5,7H,6H2,1-2H3,(H,13,16). The number of carbonyl (C=O) groups is 2. The number of anilines is 1. The molecule has 0 heterocycles. The van der Waals surface area contributed by atoms with Crippen LogP contribution in [0.25, 0.3) is 0 Å². The van der Waals surface area contributed by atoms with Gasteiger partial charge in [-0.3, -0.25) is 9.59 Å². The molecule has 4 nitrogen and oxygen atoms in total. The van der Waals surface area contributed by atoms with E-state index in [9.17, 15) is 9.59 Å². The molecule has 0 fully saturated rings. The fourth-order valence-corrected chi connectivity index (χ4v) is 1.45. The van der Waals surface area contributed by atoms with Gasteiger partial charge in [-0.15, -0.1) is 0 Å². The van der Waals surface area contributed by atoms with Crippen LogP contribution < -0.4 is 10.2 Å². The SMILES string of the molecule is CNC(=O)CN(C)c1ccc(C=O)c(Cl)c1. The minimum Gasteiger partial charge on any atom is -0.365 e. The third-order valence-corrected chi connectivity index (χ3v) is 2.54. The zero-order chi connectivity index (χ0) is 12.1. The number of likely N-dealkylation sites (N-methyl/N-ethyl adjacent to an activating group) is 2. The lowest BCUT2D eigenvalue weighted by Crippen LogP contribution is -2.32. The minimum absolute atomic E-state index is 0.0851. The first-order valence-corrected chi connectivity index (χ1v) is 5.12. The van der Waals surface area contributed by atoms with Crippen molar-refractivity contribution in [1.82, 2.24) is 5.32 Å². The van der Waals surface area contributed by atoms with Crippen LogP contribution in [0.3, 0.4) is 0 Å². The van der Waals surface area contributed by atoms with E-state index in [0.29, 0.717) is 16.9 Å².